The summed E-state index contributed by atoms with van der Waals surface area (Å²) in [7, 11) is 0. The number of carboxylic acid groups (broad SMARTS) is 1. The number of benzene rings is 3. The summed E-state index contributed by atoms with van der Waals surface area (Å²) in [5.41, 5.74) is -0.663. The van der Waals surface area contributed by atoms with Gasteiger partial charge in [0.2, 0.25) is 11.8 Å². The van der Waals surface area contributed by atoms with Crippen molar-refractivity contribution in [2.45, 2.75) is 18.5 Å². The maximum absolute atomic E-state index is 13.7. The van der Waals surface area contributed by atoms with Crippen LogP contribution in [-0.4, -0.2) is 45.9 Å². The molecule has 8 heteroatoms. The molecule has 2 saturated heterocycles. The monoisotopic (exact) mass is 458 g/mol. The number of nitrogens with zero attached hydrogens (tertiary/aromatic N) is 1. The second kappa shape index (κ2) is 7.86. The summed E-state index contributed by atoms with van der Waals surface area (Å²) < 4.78 is 0. The van der Waals surface area contributed by atoms with Gasteiger partial charge in [0, 0.05) is 11.6 Å². The number of ketones is 1. The predicted octanol–water partition coefficient (Wildman–Crippen LogP) is 2.31. The van der Waals surface area contributed by atoms with Gasteiger partial charge in [-0.3, -0.25) is 24.5 Å². The first kappa shape index (κ1) is 21.9. The minimum absolute atomic E-state index is 0.159. The first-order chi connectivity index (χ1) is 16.3. The lowest BCUT2D eigenvalue weighted by molar-refractivity contribution is -0.150. The molecular weight excluding hydrogens is 436 g/mol. The minimum atomic E-state index is -2.02. The van der Waals surface area contributed by atoms with Crippen molar-refractivity contribution in [3.05, 3.63) is 77.9 Å². The molecule has 4 unspecified atom stereocenters. The Labute approximate surface area is 194 Å². The van der Waals surface area contributed by atoms with Gasteiger partial charge < -0.3 is 10.2 Å². The van der Waals surface area contributed by atoms with Gasteiger partial charge in [-0.1, -0.05) is 42.5 Å². The molecule has 2 heterocycles. The van der Waals surface area contributed by atoms with E-state index in [1.807, 2.05) is 36.4 Å². The summed E-state index contributed by atoms with van der Waals surface area (Å²) in [4.78, 5) is 52.3. The highest BCUT2D eigenvalue weighted by atomic mass is 16.4. The molecule has 3 aromatic rings. The third-order valence-electron chi connectivity index (χ3n) is 6.98. The zero-order chi connectivity index (χ0) is 24.2. The van der Waals surface area contributed by atoms with Gasteiger partial charge >= 0.3 is 5.97 Å². The molecule has 4 atom stereocenters. The van der Waals surface area contributed by atoms with Crippen LogP contribution >= 0.6 is 0 Å². The Morgan fingerprint density at radius 3 is 2.29 bits per heavy atom. The molecule has 0 aliphatic carbocycles. The summed E-state index contributed by atoms with van der Waals surface area (Å²) in [6, 6.07) is 18.2. The van der Waals surface area contributed by atoms with Gasteiger partial charge in [0.1, 0.15) is 0 Å². The minimum Gasteiger partial charge on any atom is -0.480 e. The third-order valence-corrected chi connectivity index (χ3v) is 6.98. The van der Waals surface area contributed by atoms with E-state index in [0.29, 0.717) is 11.1 Å². The Morgan fingerprint density at radius 2 is 1.65 bits per heavy atom. The van der Waals surface area contributed by atoms with Crippen LogP contribution in [0.15, 0.2) is 66.7 Å². The van der Waals surface area contributed by atoms with Crippen molar-refractivity contribution in [1.82, 2.24) is 5.32 Å². The van der Waals surface area contributed by atoms with Gasteiger partial charge in [-0.2, -0.15) is 0 Å². The molecule has 8 nitrogen and oxygen atoms in total. The fourth-order valence-corrected chi connectivity index (χ4v) is 5.30. The quantitative estimate of drug-likeness (QED) is 0.396. The van der Waals surface area contributed by atoms with Crippen LogP contribution in [0.1, 0.15) is 28.9 Å². The normalized spacial score (nSPS) is 26.2. The van der Waals surface area contributed by atoms with Gasteiger partial charge in [-0.25, -0.2) is 4.90 Å². The molecule has 2 amide bonds. The highest BCUT2D eigenvalue weighted by molar-refractivity contribution is 6.24. The van der Waals surface area contributed by atoms with E-state index in [0.717, 1.165) is 15.7 Å². The first-order valence-corrected chi connectivity index (χ1v) is 10.9. The van der Waals surface area contributed by atoms with Gasteiger partial charge in [-0.05, 0) is 47.5 Å². The van der Waals surface area contributed by atoms with Crippen molar-refractivity contribution < 1.29 is 29.4 Å². The van der Waals surface area contributed by atoms with E-state index in [-0.39, 0.29) is 11.5 Å². The Hall–Kier alpha value is -3.88. The lowest BCUT2D eigenvalue weighted by Crippen LogP contribution is -2.58. The number of carboxylic acids is 1. The average molecular weight is 458 g/mol. The Bertz CT molecular complexity index is 1350. The number of imide groups is 1. The molecule has 0 spiro atoms. The standard InChI is InChI=1S/C26H22N2O6/c1-14(30)15-9-11-17(12-10-15)28-23(31)20-21(24(28)32)26(13-29,25(33)34)27-22(20)19-8-4-6-16-5-2-3-7-18(16)19/h2-12,20-22,27,29H,13H2,1H3,(H,33,34). The zero-order valence-electron chi connectivity index (χ0n) is 18.3. The molecule has 34 heavy (non-hydrogen) atoms. The number of nitrogens with one attached hydrogen (secondary N) is 1. The molecule has 172 valence electrons. The smallest absolute Gasteiger partial charge is 0.327 e. The van der Waals surface area contributed by atoms with Crippen molar-refractivity contribution in [3.8, 4) is 0 Å². The maximum Gasteiger partial charge on any atom is 0.327 e. The molecule has 2 fully saturated rings. The molecule has 3 aromatic carbocycles. The number of fused-ring (bicyclic) bond motifs is 2. The van der Waals surface area contributed by atoms with Crippen LogP contribution in [0.2, 0.25) is 0 Å². The largest absolute Gasteiger partial charge is 0.480 e. The Balaban J connectivity index is 1.66. The number of carbonyl (C=O) groups excluding carboxylic acids is 3. The first-order valence-electron chi connectivity index (χ1n) is 10.9. The van der Waals surface area contributed by atoms with Gasteiger partial charge in [-0.15, -0.1) is 0 Å². The molecule has 0 radical (unpaired) electrons. The maximum atomic E-state index is 13.7. The lowest BCUT2D eigenvalue weighted by Gasteiger charge is -2.29. The second-order valence-electron chi connectivity index (χ2n) is 8.74. The SMILES string of the molecule is CC(=O)c1ccc(N2C(=O)C3C(c4cccc5ccccc45)NC(CO)(C(=O)O)C3C2=O)cc1. The number of aliphatic hydroxyl groups excluding tert-OH is 1. The van der Waals surface area contributed by atoms with Crippen molar-refractivity contribution in [2.24, 2.45) is 11.8 Å². The summed E-state index contributed by atoms with van der Waals surface area (Å²) >= 11 is 0. The molecule has 5 rings (SSSR count). The zero-order valence-corrected chi connectivity index (χ0v) is 18.3. The number of aliphatic hydroxyl groups is 1. The van der Waals surface area contributed by atoms with Crippen LogP contribution in [0, 0.1) is 11.8 Å². The number of aliphatic carboxylic acids is 1. The third kappa shape index (κ3) is 2.99. The highest BCUT2D eigenvalue weighted by Gasteiger charge is 2.68. The van der Waals surface area contributed by atoms with Crippen LogP contribution in [0.3, 0.4) is 0 Å². The van der Waals surface area contributed by atoms with E-state index in [1.54, 1.807) is 6.07 Å². The van der Waals surface area contributed by atoms with E-state index in [1.165, 1.54) is 31.2 Å². The lowest BCUT2D eigenvalue weighted by atomic mass is 9.79. The second-order valence-corrected chi connectivity index (χ2v) is 8.74. The molecule has 0 aromatic heterocycles. The van der Waals surface area contributed by atoms with E-state index in [9.17, 15) is 29.4 Å². The van der Waals surface area contributed by atoms with Crippen LogP contribution in [0.4, 0.5) is 5.69 Å². The van der Waals surface area contributed by atoms with Crippen LogP contribution < -0.4 is 10.2 Å². The van der Waals surface area contributed by atoms with Crippen LogP contribution in [0.5, 0.6) is 0 Å². The molecular formula is C26H22N2O6. The molecule has 2 aliphatic heterocycles. The van der Waals surface area contributed by atoms with Crippen LogP contribution in [-0.2, 0) is 14.4 Å². The number of hydrogen-bond acceptors (Lipinski definition) is 6. The molecule has 3 N–H and O–H groups in total. The molecule has 0 saturated carbocycles. The summed E-state index contributed by atoms with van der Waals surface area (Å²) in [5, 5.41) is 25.0. The van der Waals surface area contributed by atoms with E-state index in [2.05, 4.69) is 5.32 Å². The van der Waals surface area contributed by atoms with E-state index >= 15 is 0 Å². The van der Waals surface area contributed by atoms with Gasteiger partial charge in [0.25, 0.3) is 0 Å². The average Bonchev–Trinajstić information content (AvgIpc) is 3.33. The van der Waals surface area contributed by atoms with Crippen LogP contribution in [0.25, 0.3) is 10.8 Å². The van der Waals surface area contributed by atoms with Gasteiger partial charge in [0.15, 0.2) is 11.3 Å². The van der Waals surface area contributed by atoms with Crippen molar-refractivity contribution in [1.29, 1.82) is 0 Å². The molecule has 0 bridgehead atoms. The number of hydrogen-bond donors (Lipinski definition) is 3. The van der Waals surface area contributed by atoms with Gasteiger partial charge in [0.05, 0.1) is 24.1 Å². The van der Waals surface area contributed by atoms with Crippen molar-refractivity contribution in [2.75, 3.05) is 11.5 Å². The summed E-state index contributed by atoms with van der Waals surface area (Å²) in [5.74, 6) is -5.15. The fourth-order valence-electron chi connectivity index (χ4n) is 5.30. The number of anilines is 1. The summed E-state index contributed by atoms with van der Waals surface area (Å²) in [6.45, 7) is 0.551. The Kier molecular flexibility index (Phi) is 5.07. The molecule has 2 aliphatic rings. The number of rotatable bonds is 5. The summed E-state index contributed by atoms with van der Waals surface area (Å²) in [6.07, 6.45) is 0. The number of carbonyl (C=O) groups is 4. The number of amides is 2. The van der Waals surface area contributed by atoms with E-state index < -0.39 is 47.8 Å². The number of Topliss-reactive ketones (excluding diaryl/α,β-unsaturated/α-hetero) is 1. The fraction of sp³-hybridized carbons (Fsp3) is 0.231. The Morgan fingerprint density at radius 1 is 0.971 bits per heavy atom. The van der Waals surface area contributed by atoms with Crippen molar-refractivity contribution in [3.63, 3.8) is 0 Å². The highest BCUT2D eigenvalue weighted by Crippen LogP contribution is 2.50. The topological polar surface area (TPSA) is 124 Å². The predicted molar refractivity (Wildman–Crippen MR) is 123 cm³/mol. The van der Waals surface area contributed by atoms with E-state index in [4.69, 9.17) is 0 Å². The van der Waals surface area contributed by atoms with Crippen molar-refractivity contribution >= 4 is 40.0 Å².